The molecular formula is C21H19F2N7O3. The largest absolute Gasteiger partial charge is 0.470 e. The van der Waals surface area contributed by atoms with E-state index in [9.17, 15) is 8.78 Å². The fraction of sp³-hybridized carbons (Fsp3) is 0.381. The van der Waals surface area contributed by atoms with Gasteiger partial charge in [-0.25, -0.2) is 8.78 Å². The highest BCUT2D eigenvalue weighted by Gasteiger charge is 2.29. The van der Waals surface area contributed by atoms with E-state index < -0.39 is 12.2 Å². The minimum Gasteiger partial charge on any atom is -0.470 e. The van der Waals surface area contributed by atoms with E-state index in [1.165, 1.54) is 10.1 Å². The van der Waals surface area contributed by atoms with E-state index in [-0.39, 0.29) is 18.1 Å². The van der Waals surface area contributed by atoms with Crippen molar-refractivity contribution in [2.24, 2.45) is 0 Å². The number of fused-ring (bicyclic) bond motifs is 2. The first-order valence-electron chi connectivity index (χ1n) is 10.5. The fourth-order valence-electron chi connectivity index (χ4n) is 3.96. The van der Waals surface area contributed by atoms with Crippen molar-refractivity contribution in [2.45, 2.75) is 32.0 Å². The molecule has 0 aromatic carbocycles. The molecule has 2 aliphatic heterocycles. The zero-order valence-electron chi connectivity index (χ0n) is 17.4. The lowest BCUT2D eigenvalue weighted by atomic mass is 10.0. The molecule has 170 valence electrons. The molecule has 0 atom stereocenters. The van der Waals surface area contributed by atoms with Gasteiger partial charge >= 0.3 is 0 Å². The second kappa shape index (κ2) is 8.12. The second-order valence-corrected chi connectivity index (χ2v) is 7.99. The summed E-state index contributed by atoms with van der Waals surface area (Å²) >= 11 is 0. The van der Waals surface area contributed by atoms with Crippen LogP contribution in [0.5, 0.6) is 5.88 Å². The van der Waals surface area contributed by atoms with Crippen molar-refractivity contribution in [3.63, 3.8) is 0 Å². The smallest absolute Gasteiger partial charge is 0.298 e. The average Bonchev–Trinajstić information content (AvgIpc) is 3.43. The van der Waals surface area contributed by atoms with E-state index in [0.717, 1.165) is 50.2 Å². The van der Waals surface area contributed by atoms with Crippen LogP contribution in [0, 0.1) is 0 Å². The summed E-state index contributed by atoms with van der Waals surface area (Å²) in [4.78, 5) is 7.21. The van der Waals surface area contributed by atoms with Gasteiger partial charge in [-0.15, -0.1) is 15.3 Å². The Labute approximate surface area is 186 Å². The lowest BCUT2D eigenvalue weighted by Gasteiger charge is -2.39. The van der Waals surface area contributed by atoms with Gasteiger partial charge in [-0.1, -0.05) is 11.2 Å². The first-order chi connectivity index (χ1) is 16.1. The molecule has 33 heavy (non-hydrogen) atoms. The average molecular weight is 455 g/mol. The number of nitrogens with zero attached hydrogens (tertiary/aromatic N) is 7. The molecule has 0 aliphatic carbocycles. The molecule has 0 N–H and O–H groups in total. The SMILES string of the molecule is FC(F)c1cc(-c2nnc3ccc(OCc4ccc5c(n4)CCN(C4COC4)C5)nn23)no1. The van der Waals surface area contributed by atoms with Gasteiger partial charge in [-0.3, -0.25) is 9.88 Å². The standard InChI is InChI=1S/C21H19F2N7O3/c22-20(23)17-7-16(28-33-17)21-26-25-18-3-4-19(27-30(18)21)32-9-13-2-1-12-8-29(14-10-31-11-14)6-5-15(12)24-13/h1-4,7,14,20H,5-6,8-11H2. The summed E-state index contributed by atoms with van der Waals surface area (Å²) in [6.07, 6.45) is -1.87. The predicted octanol–water partition coefficient (Wildman–Crippen LogP) is 2.45. The van der Waals surface area contributed by atoms with E-state index in [4.69, 9.17) is 14.5 Å². The van der Waals surface area contributed by atoms with Crippen molar-refractivity contribution in [3.05, 3.63) is 53.0 Å². The second-order valence-electron chi connectivity index (χ2n) is 7.99. The third-order valence-electron chi connectivity index (χ3n) is 5.85. The number of alkyl halides is 2. The van der Waals surface area contributed by atoms with Crippen molar-refractivity contribution >= 4 is 5.65 Å². The summed E-state index contributed by atoms with van der Waals surface area (Å²) in [6.45, 7) is 3.72. The molecule has 0 unspecified atom stereocenters. The zero-order chi connectivity index (χ0) is 22.4. The van der Waals surface area contributed by atoms with Crippen LogP contribution in [0.2, 0.25) is 0 Å². The molecule has 6 rings (SSSR count). The van der Waals surface area contributed by atoms with Crippen molar-refractivity contribution < 1.29 is 22.8 Å². The molecule has 12 heteroatoms. The van der Waals surface area contributed by atoms with Gasteiger partial charge in [-0.2, -0.15) is 4.52 Å². The molecule has 6 heterocycles. The van der Waals surface area contributed by atoms with E-state index >= 15 is 0 Å². The first kappa shape index (κ1) is 20.1. The van der Waals surface area contributed by atoms with Crippen LogP contribution in [0.4, 0.5) is 8.78 Å². The Balaban J connectivity index is 1.17. The highest BCUT2D eigenvalue weighted by molar-refractivity contribution is 5.54. The molecule has 1 saturated heterocycles. The molecule has 0 saturated carbocycles. The third-order valence-corrected chi connectivity index (χ3v) is 5.85. The van der Waals surface area contributed by atoms with Crippen LogP contribution in [-0.4, -0.2) is 60.7 Å². The van der Waals surface area contributed by atoms with Crippen LogP contribution in [0.15, 0.2) is 34.9 Å². The maximum absolute atomic E-state index is 12.8. The van der Waals surface area contributed by atoms with Gasteiger partial charge in [0.1, 0.15) is 6.61 Å². The topological polar surface area (TPSA) is 104 Å². The molecule has 1 fully saturated rings. The van der Waals surface area contributed by atoms with Crippen molar-refractivity contribution in [1.29, 1.82) is 0 Å². The summed E-state index contributed by atoms with van der Waals surface area (Å²) in [7, 11) is 0. The van der Waals surface area contributed by atoms with Crippen molar-refractivity contribution in [2.75, 3.05) is 19.8 Å². The Morgan fingerprint density at radius 3 is 2.85 bits per heavy atom. The lowest BCUT2D eigenvalue weighted by molar-refractivity contribution is -0.0696. The van der Waals surface area contributed by atoms with Gasteiger partial charge in [-0.05, 0) is 17.7 Å². The monoisotopic (exact) mass is 455 g/mol. The molecule has 0 spiro atoms. The number of rotatable bonds is 6. The van der Waals surface area contributed by atoms with Gasteiger partial charge in [0, 0.05) is 37.3 Å². The number of pyridine rings is 1. The van der Waals surface area contributed by atoms with Crippen LogP contribution in [-0.2, 0) is 24.3 Å². The van der Waals surface area contributed by atoms with Crippen LogP contribution < -0.4 is 4.74 Å². The molecule has 0 bridgehead atoms. The maximum Gasteiger partial charge on any atom is 0.298 e. The Morgan fingerprint density at radius 1 is 1.15 bits per heavy atom. The molecular weight excluding hydrogens is 436 g/mol. The van der Waals surface area contributed by atoms with Crippen molar-refractivity contribution in [1.82, 2.24) is 34.9 Å². The van der Waals surface area contributed by atoms with E-state index in [2.05, 4.69) is 35.9 Å². The number of halogens is 2. The van der Waals surface area contributed by atoms with Gasteiger partial charge in [0.25, 0.3) is 6.43 Å². The molecule has 4 aromatic rings. The summed E-state index contributed by atoms with van der Waals surface area (Å²) in [5.41, 5.74) is 3.67. The Hall–Kier alpha value is -3.51. The maximum atomic E-state index is 12.8. The quantitative estimate of drug-likeness (QED) is 0.434. The van der Waals surface area contributed by atoms with Gasteiger partial charge in [0.2, 0.25) is 17.5 Å². The van der Waals surface area contributed by atoms with Crippen molar-refractivity contribution in [3.8, 4) is 17.4 Å². The molecule has 0 amide bonds. The lowest BCUT2D eigenvalue weighted by Crippen LogP contribution is -2.50. The van der Waals surface area contributed by atoms with Gasteiger partial charge in [0.05, 0.1) is 24.9 Å². The Morgan fingerprint density at radius 2 is 2.06 bits per heavy atom. The van der Waals surface area contributed by atoms with Crippen LogP contribution in [0.25, 0.3) is 17.2 Å². The van der Waals surface area contributed by atoms with Crippen LogP contribution >= 0.6 is 0 Å². The number of hydrogen-bond acceptors (Lipinski definition) is 9. The minimum atomic E-state index is -2.77. The summed E-state index contributed by atoms with van der Waals surface area (Å²) in [6, 6.07) is 9.04. The fourth-order valence-corrected chi connectivity index (χ4v) is 3.96. The summed E-state index contributed by atoms with van der Waals surface area (Å²) in [5, 5.41) is 16.0. The highest BCUT2D eigenvalue weighted by atomic mass is 19.3. The highest BCUT2D eigenvalue weighted by Crippen LogP contribution is 2.25. The summed E-state index contributed by atoms with van der Waals surface area (Å²) < 4.78 is 42.8. The predicted molar refractivity (Wildman–Crippen MR) is 109 cm³/mol. The van der Waals surface area contributed by atoms with E-state index in [1.807, 2.05) is 6.07 Å². The molecule has 10 nitrogen and oxygen atoms in total. The number of aromatic nitrogens is 6. The Bertz CT molecular complexity index is 1300. The van der Waals surface area contributed by atoms with Crippen LogP contribution in [0.1, 0.15) is 29.1 Å². The van der Waals surface area contributed by atoms with Crippen LogP contribution in [0.3, 0.4) is 0 Å². The minimum absolute atomic E-state index is 0.112. The molecule has 2 aliphatic rings. The van der Waals surface area contributed by atoms with Gasteiger partial charge < -0.3 is 14.0 Å². The number of ether oxygens (including phenoxy) is 2. The Kier molecular flexibility index (Phi) is 4.95. The third kappa shape index (κ3) is 3.80. The zero-order valence-corrected chi connectivity index (χ0v) is 17.4. The molecule has 4 aromatic heterocycles. The van der Waals surface area contributed by atoms with Gasteiger partial charge in [0.15, 0.2) is 11.3 Å². The first-order valence-corrected chi connectivity index (χ1v) is 10.5. The van der Waals surface area contributed by atoms with E-state index in [0.29, 0.717) is 17.6 Å². The molecule has 0 radical (unpaired) electrons. The summed E-state index contributed by atoms with van der Waals surface area (Å²) in [5.74, 6) is -0.0481. The van der Waals surface area contributed by atoms with E-state index in [1.54, 1.807) is 12.1 Å². The number of hydrogen-bond donors (Lipinski definition) is 0. The normalized spacial score (nSPS) is 16.8.